The number of hydrogen-bond acceptors (Lipinski definition) is 2. The van der Waals surface area contributed by atoms with Crippen LogP contribution in [0.15, 0.2) is 0 Å². The van der Waals surface area contributed by atoms with Crippen molar-refractivity contribution >= 4 is 12.0 Å². The van der Waals surface area contributed by atoms with Crippen molar-refractivity contribution in [1.29, 1.82) is 0 Å². The lowest BCUT2D eigenvalue weighted by molar-refractivity contribution is -0.146. The SMILES string of the molecule is CC1(NC(=O)N2CC(C(=O)O)C2)CCC1. The maximum absolute atomic E-state index is 11.6. The van der Waals surface area contributed by atoms with E-state index in [9.17, 15) is 9.59 Å². The topological polar surface area (TPSA) is 69.6 Å². The highest BCUT2D eigenvalue weighted by molar-refractivity contribution is 5.80. The third-order valence-electron chi connectivity index (χ3n) is 3.38. The van der Waals surface area contributed by atoms with Crippen LogP contribution in [0.1, 0.15) is 26.2 Å². The molecule has 2 amide bonds. The van der Waals surface area contributed by atoms with Gasteiger partial charge in [-0.25, -0.2) is 4.79 Å². The molecule has 0 aromatic heterocycles. The zero-order valence-electron chi connectivity index (χ0n) is 8.82. The number of carboxylic acid groups (broad SMARTS) is 1. The molecule has 1 saturated carbocycles. The Kier molecular flexibility index (Phi) is 2.32. The second kappa shape index (κ2) is 3.40. The molecule has 1 aliphatic heterocycles. The summed E-state index contributed by atoms with van der Waals surface area (Å²) in [5.41, 5.74) is -0.0502. The fourth-order valence-electron chi connectivity index (χ4n) is 1.97. The first-order valence-electron chi connectivity index (χ1n) is 5.30. The van der Waals surface area contributed by atoms with E-state index in [1.165, 1.54) is 0 Å². The Bertz CT molecular complexity index is 293. The van der Waals surface area contributed by atoms with Gasteiger partial charge in [-0.05, 0) is 26.2 Å². The van der Waals surface area contributed by atoms with Gasteiger partial charge < -0.3 is 15.3 Å². The van der Waals surface area contributed by atoms with Gasteiger partial charge in [0.15, 0.2) is 0 Å². The van der Waals surface area contributed by atoms with E-state index in [0.29, 0.717) is 13.1 Å². The van der Waals surface area contributed by atoms with Gasteiger partial charge in [-0.2, -0.15) is 0 Å². The molecule has 2 N–H and O–H groups in total. The van der Waals surface area contributed by atoms with Crippen LogP contribution in [-0.2, 0) is 4.79 Å². The summed E-state index contributed by atoms with van der Waals surface area (Å²) in [7, 11) is 0. The van der Waals surface area contributed by atoms with Crippen molar-refractivity contribution < 1.29 is 14.7 Å². The van der Waals surface area contributed by atoms with Crippen LogP contribution in [0.3, 0.4) is 0 Å². The van der Waals surface area contributed by atoms with E-state index in [-0.39, 0.29) is 17.5 Å². The van der Waals surface area contributed by atoms with E-state index in [0.717, 1.165) is 19.3 Å². The van der Waals surface area contributed by atoms with Gasteiger partial charge in [0.25, 0.3) is 0 Å². The van der Waals surface area contributed by atoms with E-state index >= 15 is 0 Å². The fourth-order valence-corrected chi connectivity index (χ4v) is 1.97. The number of amides is 2. The van der Waals surface area contributed by atoms with Crippen molar-refractivity contribution in [2.24, 2.45) is 5.92 Å². The van der Waals surface area contributed by atoms with Gasteiger partial charge in [0.1, 0.15) is 0 Å². The highest BCUT2D eigenvalue weighted by Crippen LogP contribution is 2.31. The summed E-state index contributed by atoms with van der Waals surface area (Å²) in [5, 5.41) is 11.6. The van der Waals surface area contributed by atoms with Gasteiger partial charge in [-0.15, -0.1) is 0 Å². The summed E-state index contributed by atoms with van der Waals surface area (Å²) >= 11 is 0. The second-order valence-electron chi connectivity index (χ2n) is 4.78. The minimum absolute atomic E-state index is 0.0502. The molecule has 0 atom stereocenters. The lowest BCUT2D eigenvalue weighted by Crippen LogP contribution is -2.61. The molecular weight excluding hydrogens is 196 g/mol. The molecule has 2 aliphatic rings. The largest absolute Gasteiger partial charge is 0.481 e. The second-order valence-corrected chi connectivity index (χ2v) is 4.78. The summed E-state index contributed by atoms with van der Waals surface area (Å²) in [6.07, 6.45) is 3.21. The normalized spacial score (nSPS) is 23.9. The van der Waals surface area contributed by atoms with E-state index in [1.54, 1.807) is 4.90 Å². The van der Waals surface area contributed by atoms with Crippen LogP contribution in [0.4, 0.5) is 4.79 Å². The fraction of sp³-hybridized carbons (Fsp3) is 0.800. The standard InChI is InChI=1S/C10H16N2O3/c1-10(3-2-4-10)11-9(15)12-5-7(6-12)8(13)14/h7H,2-6H2,1H3,(H,11,15)(H,13,14). The highest BCUT2D eigenvalue weighted by Gasteiger charge is 2.39. The van der Waals surface area contributed by atoms with Crippen LogP contribution in [0.2, 0.25) is 0 Å². The number of carboxylic acids is 1. The number of carbonyl (C=O) groups excluding carboxylic acids is 1. The summed E-state index contributed by atoms with van der Waals surface area (Å²) in [6.45, 7) is 2.72. The third-order valence-corrected chi connectivity index (χ3v) is 3.38. The number of urea groups is 1. The van der Waals surface area contributed by atoms with Gasteiger partial charge in [0.2, 0.25) is 0 Å². The van der Waals surface area contributed by atoms with Gasteiger partial charge in [-0.3, -0.25) is 4.79 Å². The van der Waals surface area contributed by atoms with Crippen molar-refractivity contribution in [2.45, 2.75) is 31.7 Å². The molecule has 84 valence electrons. The predicted molar refractivity (Wildman–Crippen MR) is 53.5 cm³/mol. The van der Waals surface area contributed by atoms with Crippen LogP contribution in [-0.4, -0.2) is 40.6 Å². The number of nitrogens with zero attached hydrogens (tertiary/aromatic N) is 1. The Balaban J connectivity index is 1.77. The molecule has 2 rings (SSSR count). The minimum Gasteiger partial charge on any atom is -0.481 e. The number of rotatable bonds is 2. The highest BCUT2D eigenvalue weighted by atomic mass is 16.4. The Morgan fingerprint density at radius 2 is 2.00 bits per heavy atom. The molecule has 0 bridgehead atoms. The average Bonchev–Trinajstić information content (AvgIpc) is 1.97. The van der Waals surface area contributed by atoms with Gasteiger partial charge in [0, 0.05) is 18.6 Å². The van der Waals surface area contributed by atoms with E-state index in [2.05, 4.69) is 5.32 Å². The summed E-state index contributed by atoms with van der Waals surface area (Å²) in [4.78, 5) is 23.7. The number of carbonyl (C=O) groups is 2. The van der Waals surface area contributed by atoms with Crippen molar-refractivity contribution in [1.82, 2.24) is 10.2 Å². The van der Waals surface area contributed by atoms with Crippen molar-refractivity contribution in [2.75, 3.05) is 13.1 Å². The smallest absolute Gasteiger partial charge is 0.317 e. The first-order valence-corrected chi connectivity index (χ1v) is 5.30. The van der Waals surface area contributed by atoms with Crippen LogP contribution < -0.4 is 5.32 Å². The van der Waals surface area contributed by atoms with E-state index < -0.39 is 5.97 Å². The lowest BCUT2D eigenvalue weighted by Gasteiger charge is -2.43. The molecule has 0 unspecified atom stereocenters. The van der Waals surface area contributed by atoms with Crippen molar-refractivity contribution in [3.63, 3.8) is 0 Å². The first-order chi connectivity index (χ1) is 7.00. The summed E-state index contributed by atoms with van der Waals surface area (Å²) in [5.74, 6) is -1.18. The van der Waals surface area contributed by atoms with E-state index in [1.807, 2.05) is 6.92 Å². The Morgan fingerprint density at radius 3 is 2.40 bits per heavy atom. The van der Waals surface area contributed by atoms with Crippen molar-refractivity contribution in [3.8, 4) is 0 Å². The summed E-state index contributed by atoms with van der Waals surface area (Å²) < 4.78 is 0. The predicted octanol–water partition coefficient (Wildman–Crippen LogP) is 0.655. The number of nitrogens with one attached hydrogen (secondary N) is 1. The average molecular weight is 212 g/mol. The molecule has 0 spiro atoms. The molecule has 0 aromatic rings. The summed E-state index contributed by atoms with van der Waals surface area (Å²) in [6, 6.07) is -0.116. The maximum Gasteiger partial charge on any atom is 0.317 e. The molecule has 5 nitrogen and oxygen atoms in total. The van der Waals surface area contributed by atoms with E-state index in [4.69, 9.17) is 5.11 Å². The molecule has 1 aliphatic carbocycles. The molecular formula is C10H16N2O3. The molecule has 5 heteroatoms. The Morgan fingerprint density at radius 1 is 1.40 bits per heavy atom. The van der Waals surface area contributed by atoms with Gasteiger partial charge in [-0.1, -0.05) is 0 Å². The van der Waals surface area contributed by atoms with Crippen LogP contribution in [0.5, 0.6) is 0 Å². The Hall–Kier alpha value is -1.26. The number of hydrogen-bond donors (Lipinski definition) is 2. The quantitative estimate of drug-likeness (QED) is 0.706. The van der Waals surface area contributed by atoms with Crippen LogP contribution >= 0.6 is 0 Å². The minimum atomic E-state index is -0.811. The van der Waals surface area contributed by atoms with Gasteiger partial charge >= 0.3 is 12.0 Å². The number of likely N-dealkylation sites (tertiary alicyclic amines) is 1. The molecule has 1 heterocycles. The van der Waals surface area contributed by atoms with Gasteiger partial charge in [0.05, 0.1) is 5.92 Å². The third kappa shape index (κ3) is 1.91. The molecule has 1 saturated heterocycles. The molecule has 15 heavy (non-hydrogen) atoms. The van der Waals surface area contributed by atoms with Crippen molar-refractivity contribution in [3.05, 3.63) is 0 Å². The monoisotopic (exact) mass is 212 g/mol. The zero-order chi connectivity index (χ0) is 11.1. The zero-order valence-corrected chi connectivity index (χ0v) is 8.82. The molecule has 0 aromatic carbocycles. The Labute approximate surface area is 88.4 Å². The van der Waals surface area contributed by atoms with Crippen LogP contribution in [0.25, 0.3) is 0 Å². The van der Waals surface area contributed by atoms with Crippen LogP contribution in [0, 0.1) is 5.92 Å². The maximum atomic E-state index is 11.6. The molecule has 2 fully saturated rings. The lowest BCUT2D eigenvalue weighted by atomic mass is 9.78. The first kappa shape index (κ1) is 10.3. The molecule has 0 radical (unpaired) electrons. The number of aliphatic carboxylic acids is 1.